The fourth-order valence-electron chi connectivity index (χ4n) is 2.27. The average molecular weight is 312 g/mol. The van der Waals surface area contributed by atoms with Crippen LogP contribution in [-0.4, -0.2) is 6.54 Å². The molecule has 0 radical (unpaired) electrons. The Bertz CT molecular complexity index is 566. The van der Waals surface area contributed by atoms with E-state index in [1.165, 1.54) is 12.1 Å². The zero-order valence-corrected chi connectivity index (χ0v) is 12.7. The Morgan fingerprint density at radius 2 is 1.75 bits per heavy atom. The lowest BCUT2D eigenvalue weighted by atomic mass is 9.98. The minimum atomic E-state index is -0.233. The molecule has 0 aromatic heterocycles. The third kappa shape index (κ3) is 3.72. The summed E-state index contributed by atoms with van der Waals surface area (Å²) in [6.07, 6.45) is 0.634. The smallest absolute Gasteiger partial charge is 0.123 e. The van der Waals surface area contributed by atoms with E-state index in [2.05, 4.69) is 5.32 Å². The van der Waals surface area contributed by atoms with Crippen molar-refractivity contribution in [2.24, 2.45) is 0 Å². The summed E-state index contributed by atoms with van der Waals surface area (Å²) in [4.78, 5) is 0. The lowest BCUT2D eigenvalue weighted by Crippen LogP contribution is -2.23. The molecule has 106 valence electrons. The van der Waals surface area contributed by atoms with Gasteiger partial charge in [0.15, 0.2) is 0 Å². The van der Waals surface area contributed by atoms with E-state index in [1.807, 2.05) is 31.2 Å². The van der Waals surface area contributed by atoms with Gasteiger partial charge >= 0.3 is 0 Å². The Labute approximate surface area is 128 Å². The molecule has 0 aliphatic carbocycles. The van der Waals surface area contributed by atoms with Crippen LogP contribution in [0.3, 0.4) is 0 Å². The minimum Gasteiger partial charge on any atom is -0.310 e. The molecule has 1 N–H and O–H groups in total. The summed E-state index contributed by atoms with van der Waals surface area (Å²) in [5.74, 6) is -0.233. The van der Waals surface area contributed by atoms with Gasteiger partial charge in [-0.2, -0.15) is 0 Å². The van der Waals surface area contributed by atoms with Crippen LogP contribution in [0.1, 0.15) is 24.1 Å². The van der Waals surface area contributed by atoms with Crippen molar-refractivity contribution in [2.75, 3.05) is 6.54 Å². The molecule has 0 spiro atoms. The van der Waals surface area contributed by atoms with Crippen LogP contribution in [0.5, 0.6) is 0 Å². The number of benzene rings is 2. The average Bonchev–Trinajstić information content (AvgIpc) is 2.38. The highest BCUT2D eigenvalue weighted by atomic mass is 35.5. The highest BCUT2D eigenvalue weighted by molar-refractivity contribution is 6.36. The van der Waals surface area contributed by atoms with Crippen molar-refractivity contribution < 1.29 is 4.39 Å². The number of nitrogens with one attached hydrogen (secondary N) is 1. The van der Waals surface area contributed by atoms with Crippen molar-refractivity contribution in [3.63, 3.8) is 0 Å². The molecule has 1 unspecified atom stereocenters. The van der Waals surface area contributed by atoms with Crippen LogP contribution in [0.15, 0.2) is 42.5 Å². The zero-order valence-electron chi connectivity index (χ0n) is 11.2. The number of likely N-dealkylation sites (N-methyl/N-ethyl adjacent to an activating group) is 1. The van der Waals surface area contributed by atoms with Crippen molar-refractivity contribution in [1.29, 1.82) is 0 Å². The summed E-state index contributed by atoms with van der Waals surface area (Å²) >= 11 is 12.5. The Hall–Kier alpha value is -1.09. The van der Waals surface area contributed by atoms with Gasteiger partial charge in [-0.05, 0) is 42.8 Å². The van der Waals surface area contributed by atoms with Gasteiger partial charge < -0.3 is 5.32 Å². The van der Waals surface area contributed by atoms with Gasteiger partial charge in [0.2, 0.25) is 0 Å². The van der Waals surface area contributed by atoms with Crippen molar-refractivity contribution >= 4 is 23.2 Å². The second-order valence-corrected chi connectivity index (χ2v) is 5.39. The SMILES string of the molecule is CCNC(Cc1cccc(F)c1)c1c(Cl)cccc1Cl. The maximum absolute atomic E-state index is 13.3. The third-order valence-corrected chi connectivity index (χ3v) is 3.79. The topological polar surface area (TPSA) is 12.0 Å². The number of halogens is 3. The molecular formula is C16H16Cl2FN. The molecule has 0 aliphatic rings. The van der Waals surface area contributed by atoms with Crippen LogP contribution in [0, 0.1) is 5.82 Å². The molecule has 0 aliphatic heterocycles. The van der Waals surface area contributed by atoms with Gasteiger partial charge in [0.05, 0.1) is 0 Å². The van der Waals surface area contributed by atoms with E-state index >= 15 is 0 Å². The molecule has 1 atom stereocenters. The quantitative estimate of drug-likeness (QED) is 0.817. The van der Waals surface area contributed by atoms with E-state index in [9.17, 15) is 4.39 Å². The molecule has 2 aromatic carbocycles. The Morgan fingerprint density at radius 3 is 2.35 bits per heavy atom. The van der Waals surface area contributed by atoms with Crippen molar-refractivity contribution in [2.45, 2.75) is 19.4 Å². The van der Waals surface area contributed by atoms with Crippen molar-refractivity contribution in [3.05, 3.63) is 69.5 Å². The summed E-state index contributed by atoms with van der Waals surface area (Å²) in [6, 6.07) is 12.0. The molecule has 1 nitrogen and oxygen atoms in total. The number of hydrogen-bond donors (Lipinski definition) is 1. The van der Waals surface area contributed by atoms with Gasteiger partial charge in [0.1, 0.15) is 5.82 Å². The van der Waals surface area contributed by atoms with Crippen molar-refractivity contribution in [1.82, 2.24) is 5.32 Å². The largest absolute Gasteiger partial charge is 0.310 e. The van der Waals surface area contributed by atoms with Gasteiger partial charge in [-0.15, -0.1) is 0 Å². The van der Waals surface area contributed by atoms with Crippen LogP contribution in [0.2, 0.25) is 10.0 Å². The molecular weight excluding hydrogens is 296 g/mol. The fourth-order valence-corrected chi connectivity index (χ4v) is 2.93. The monoisotopic (exact) mass is 311 g/mol. The molecule has 4 heteroatoms. The normalized spacial score (nSPS) is 12.4. The molecule has 20 heavy (non-hydrogen) atoms. The molecule has 0 amide bonds. The molecule has 2 aromatic rings. The molecule has 2 rings (SSSR count). The lowest BCUT2D eigenvalue weighted by Gasteiger charge is -2.21. The molecule has 0 fully saturated rings. The van der Waals surface area contributed by atoms with E-state index in [0.717, 1.165) is 17.7 Å². The number of rotatable bonds is 5. The maximum Gasteiger partial charge on any atom is 0.123 e. The zero-order chi connectivity index (χ0) is 14.5. The van der Waals surface area contributed by atoms with E-state index in [1.54, 1.807) is 6.07 Å². The second-order valence-electron chi connectivity index (χ2n) is 4.58. The predicted molar refractivity (Wildman–Crippen MR) is 83.0 cm³/mol. The van der Waals surface area contributed by atoms with Gasteiger partial charge in [-0.25, -0.2) is 4.39 Å². The lowest BCUT2D eigenvalue weighted by molar-refractivity contribution is 0.547. The van der Waals surface area contributed by atoms with Gasteiger partial charge in [0, 0.05) is 21.7 Å². The first-order valence-corrected chi connectivity index (χ1v) is 7.29. The first kappa shape index (κ1) is 15.3. The first-order chi connectivity index (χ1) is 9.61. The standard InChI is InChI=1S/C16H16Cl2FN/c1-2-20-15(10-11-5-3-6-12(19)9-11)16-13(17)7-4-8-14(16)18/h3-9,15,20H,2,10H2,1H3. The summed E-state index contributed by atoms with van der Waals surface area (Å²) < 4.78 is 13.3. The minimum absolute atomic E-state index is 0.0389. The van der Waals surface area contributed by atoms with Gasteiger partial charge in [-0.1, -0.05) is 48.3 Å². The van der Waals surface area contributed by atoms with Gasteiger partial charge in [0.25, 0.3) is 0 Å². The fraction of sp³-hybridized carbons (Fsp3) is 0.250. The highest BCUT2D eigenvalue weighted by Gasteiger charge is 2.17. The Balaban J connectivity index is 2.32. The first-order valence-electron chi connectivity index (χ1n) is 6.53. The Kier molecular flexibility index (Phi) is 5.41. The van der Waals surface area contributed by atoms with Crippen LogP contribution in [-0.2, 0) is 6.42 Å². The molecule has 0 heterocycles. The predicted octanol–water partition coefficient (Wildman–Crippen LogP) is 5.03. The van der Waals surface area contributed by atoms with Gasteiger partial charge in [-0.3, -0.25) is 0 Å². The second kappa shape index (κ2) is 7.07. The summed E-state index contributed by atoms with van der Waals surface area (Å²) in [7, 11) is 0. The molecule has 0 saturated heterocycles. The summed E-state index contributed by atoms with van der Waals surface area (Å²) in [6.45, 7) is 2.80. The van der Waals surface area contributed by atoms with E-state index in [0.29, 0.717) is 16.5 Å². The Morgan fingerprint density at radius 1 is 1.10 bits per heavy atom. The van der Waals surface area contributed by atoms with E-state index < -0.39 is 0 Å². The van der Waals surface area contributed by atoms with Crippen molar-refractivity contribution in [3.8, 4) is 0 Å². The number of hydrogen-bond acceptors (Lipinski definition) is 1. The molecule has 0 bridgehead atoms. The van der Waals surface area contributed by atoms with Crippen LogP contribution >= 0.6 is 23.2 Å². The highest BCUT2D eigenvalue weighted by Crippen LogP contribution is 2.32. The maximum atomic E-state index is 13.3. The summed E-state index contributed by atoms with van der Waals surface area (Å²) in [5, 5.41) is 4.61. The van der Waals surface area contributed by atoms with Crippen LogP contribution in [0.25, 0.3) is 0 Å². The van der Waals surface area contributed by atoms with Crippen LogP contribution in [0.4, 0.5) is 4.39 Å². The van der Waals surface area contributed by atoms with E-state index in [-0.39, 0.29) is 11.9 Å². The van der Waals surface area contributed by atoms with Crippen LogP contribution < -0.4 is 5.32 Å². The van der Waals surface area contributed by atoms with E-state index in [4.69, 9.17) is 23.2 Å². The molecule has 0 saturated carbocycles. The third-order valence-electron chi connectivity index (χ3n) is 3.13. The summed E-state index contributed by atoms with van der Waals surface area (Å²) in [5.41, 5.74) is 1.77.